The fourth-order valence-corrected chi connectivity index (χ4v) is 5.24. The third kappa shape index (κ3) is 2.91. The molecule has 2 aliphatic rings. The van der Waals surface area contributed by atoms with Crippen LogP contribution in [0, 0.1) is 10.8 Å². The van der Waals surface area contributed by atoms with Crippen LogP contribution in [0.5, 0.6) is 0 Å². The van der Waals surface area contributed by atoms with E-state index in [1.807, 2.05) is 0 Å². The molecule has 1 heterocycles. The van der Waals surface area contributed by atoms with Crippen LogP contribution in [-0.2, 0) is 0 Å². The van der Waals surface area contributed by atoms with E-state index in [1.54, 1.807) is 0 Å². The van der Waals surface area contributed by atoms with Crippen molar-refractivity contribution in [2.75, 3.05) is 5.32 Å². The molecule has 0 bridgehead atoms. The van der Waals surface area contributed by atoms with E-state index >= 15 is 0 Å². The molecule has 1 fully saturated rings. The molecule has 1 aromatic rings. The summed E-state index contributed by atoms with van der Waals surface area (Å²) in [7, 11) is 0. The van der Waals surface area contributed by atoms with Gasteiger partial charge in [-0.2, -0.15) is 0 Å². The molecular weight excluding hydrogens is 313 g/mol. The van der Waals surface area contributed by atoms with E-state index in [9.17, 15) is 0 Å². The summed E-state index contributed by atoms with van der Waals surface area (Å²) >= 11 is 0.0468. The Balaban J connectivity index is 1.82. The fourth-order valence-electron chi connectivity index (χ4n) is 4.09. The van der Waals surface area contributed by atoms with Crippen molar-refractivity contribution < 1.29 is 0 Å². The molecule has 0 spiro atoms. The molecule has 0 unspecified atom stereocenters. The van der Waals surface area contributed by atoms with Gasteiger partial charge in [0.05, 0.1) is 0 Å². The Bertz CT molecular complexity index is 582. The molecule has 1 saturated carbocycles. The van der Waals surface area contributed by atoms with Gasteiger partial charge < -0.3 is 0 Å². The van der Waals surface area contributed by atoms with Crippen LogP contribution in [0.15, 0.2) is 26.1 Å². The molecule has 20 heavy (non-hydrogen) atoms. The number of hydrogen-bond donors (Lipinski definition) is 1. The fraction of sp³-hybridized carbons (Fsp3) is 0.625. The Morgan fingerprint density at radius 2 is 1.80 bits per heavy atom. The van der Waals surface area contributed by atoms with Crippen molar-refractivity contribution in [2.24, 2.45) is 18.8 Å². The minimum atomic E-state index is 0.0468. The maximum absolute atomic E-state index is 4.57. The summed E-state index contributed by atoms with van der Waals surface area (Å²) < 4.78 is 9.04. The van der Waals surface area contributed by atoms with Crippen molar-refractivity contribution in [3.8, 4) is 0 Å². The van der Waals surface area contributed by atoms with E-state index in [0.29, 0.717) is 16.9 Å². The molecule has 0 aromatic heterocycles. The second kappa shape index (κ2) is 4.85. The first-order chi connectivity index (χ1) is 9.35. The van der Waals surface area contributed by atoms with E-state index in [4.69, 9.17) is 0 Å². The summed E-state index contributed by atoms with van der Waals surface area (Å²) in [6.45, 7) is 9.56. The molecule has 0 radical (unpaired) electrons. The predicted octanol–water partition coefficient (Wildman–Crippen LogP) is 5.05. The standard InChI is InChI=1S/C16H23N3Se/c1-15(2)8-11(9-16(3,4)10-15)17-12-6-5-7-13-14(12)19-20-18-13/h5-7,11,17H,8-10H2,1-4H3. The summed E-state index contributed by atoms with van der Waals surface area (Å²) in [5.41, 5.74) is 4.12. The Hall–Kier alpha value is -0.861. The molecule has 0 saturated heterocycles. The molecule has 1 N–H and O–H groups in total. The van der Waals surface area contributed by atoms with E-state index in [-0.39, 0.29) is 14.6 Å². The first-order valence-electron chi connectivity index (χ1n) is 7.33. The van der Waals surface area contributed by atoms with Gasteiger partial charge in [0, 0.05) is 0 Å². The molecule has 1 aliphatic heterocycles. The Kier molecular flexibility index (Phi) is 3.42. The van der Waals surface area contributed by atoms with E-state index < -0.39 is 0 Å². The number of nitrogens with one attached hydrogen (secondary N) is 1. The summed E-state index contributed by atoms with van der Waals surface area (Å²) in [6.07, 6.45) is 3.75. The van der Waals surface area contributed by atoms with Gasteiger partial charge in [-0.1, -0.05) is 0 Å². The number of fused-ring (bicyclic) bond motifs is 1. The van der Waals surface area contributed by atoms with Gasteiger partial charge in [-0.3, -0.25) is 0 Å². The van der Waals surface area contributed by atoms with Gasteiger partial charge in [-0.05, 0) is 0 Å². The maximum atomic E-state index is 4.57. The van der Waals surface area contributed by atoms with Gasteiger partial charge >= 0.3 is 127 Å². The van der Waals surface area contributed by atoms with E-state index in [2.05, 4.69) is 59.1 Å². The second-order valence-electron chi connectivity index (χ2n) is 7.69. The van der Waals surface area contributed by atoms with Gasteiger partial charge in [-0.15, -0.1) is 0 Å². The van der Waals surface area contributed by atoms with Crippen molar-refractivity contribution in [1.29, 1.82) is 0 Å². The average molecular weight is 336 g/mol. The van der Waals surface area contributed by atoms with Crippen LogP contribution in [-0.4, -0.2) is 20.6 Å². The van der Waals surface area contributed by atoms with Crippen LogP contribution >= 0.6 is 0 Å². The SMILES string of the molecule is CC1(C)CC(Nc2cccc3c2N=[Se]=N3)CC(C)(C)C1. The Morgan fingerprint density at radius 1 is 1.10 bits per heavy atom. The Morgan fingerprint density at radius 3 is 2.50 bits per heavy atom. The number of hydrogen-bond acceptors (Lipinski definition) is 3. The number of benzene rings is 1. The molecule has 4 heteroatoms. The second-order valence-corrected chi connectivity index (χ2v) is 8.80. The molecule has 1 aliphatic carbocycles. The van der Waals surface area contributed by atoms with Gasteiger partial charge in [0.2, 0.25) is 0 Å². The van der Waals surface area contributed by atoms with Gasteiger partial charge in [0.1, 0.15) is 0 Å². The third-order valence-electron chi connectivity index (χ3n) is 4.20. The zero-order valence-corrected chi connectivity index (χ0v) is 14.4. The van der Waals surface area contributed by atoms with Gasteiger partial charge in [0.25, 0.3) is 0 Å². The summed E-state index contributed by atoms with van der Waals surface area (Å²) in [5.74, 6) is 0. The number of rotatable bonds is 2. The monoisotopic (exact) mass is 337 g/mol. The van der Waals surface area contributed by atoms with E-state index in [0.717, 1.165) is 11.4 Å². The summed E-state index contributed by atoms with van der Waals surface area (Å²) in [5, 5.41) is 3.75. The van der Waals surface area contributed by atoms with Gasteiger partial charge in [-0.25, -0.2) is 0 Å². The molecule has 1 aromatic carbocycles. The zero-order chi connectivity index (χ0) is 14.4. The van der Waals surface area contributed by atoms with Crippen LogP contribution in [0.1, 0.15) is 47.0 Å². The topological polar surface area (TPSA) is 36.8 Å². The third-order valence-corrected chi connectivity index (χ3v) is 5.34. The van der Waals surface area contributed by atoms with Crippen molar-refractivity contribution in [1.82, 2.24) is 0 Å². The normalized spacial score (nSPS) is 23.2. The summed E-state index contributed by atoms with van der Waals surface area (Å²) in [6, 6.07) is 6.82. The average Bonchev–Trinajstić information content (AvgIpc) is 2.73. The molecule has 108 valence electrons. The molecule has 3 nitrogen and oxygen atoms in total. The first kappa shape index (κ1) is 14.1. The minimum absolute atomic E-state index is 0.0468. The molecule has 3 rings (SSSR count). The van der Waals surface area contributed by atoms with Crippen molar-refractivity contribution in [3.63, 3.8) is 0 Å². The van der Waals surface area contributed by atoms with Crippen molar-refractivity contribution in [3.05, 3.63) is 18.2 Å². The van der Waals surface area contributed by atoms with Crippen molar-refractivity contribution >= 4 is 31.6 Å². The predicted molar refractivity (Wildman–Crippen MR) is 85.2 cm³/mol. The Labute approximate surface area is 127 Å². The van der Waals surface area contributed by atoms with E-state index in [1.165, 1.54) is 24.9 Å². The van der Waals surface area contributed by atoms with Crippen LogP contribution in [0.25, 0.3) is 0 Å². The number of anilines is 1. The van der Waals surface area contributed by atoms with Crippen LogP contribution < -0.4 is 5.32 Å². The molecule has 0 amide bonds. The van der Waals surface area contributed by atoms with Crippen LogP contribution in [0.2, 0.25) is 0 Å². The van der Waals surface area contributed by atoms with Gasteiger partial charge in [0.15, 0.2) is 0 Å². The first-order valence-corrected chi connectivity index (χ1v) is 8.86. The molecular formula is C16H23N3Se. The summed E-state index contributed by atoms with van der Waals surface area (Å²) in [4.78, 5) is 0. The van der Waals surface area contributed by atoms with Crippen LogP contribution in [0.3, 0.4) is 0 Å². The molecule has 0 atom stereocenters. The van der Waals surface area contributed by atoms with Crippen molar-refractivity contribution in [2.45, 2.75) is 53.0 Å². The zero-order valence-electron chi connectivity index (χ0n) is 12.7. The van der Waals surface area contributed by atoms with Crippen LogP contribution in [0.4, 0.5) is 17.1 Å². The quantitative estimate of drug-likeness (QED) is 0.765. The number of nitrogens with zero attached hydrogens (tertiary/aromatic N) is 2.